The van der Waals surface area contributed by atoms with E-state index in [-0.39, 0.29) is 0 Å². The van der Waals surface area contributed by atoms with Crippen LogP contribution >= 0.6 is 0 Å². The largest absolute Gasteiger partial charge is 0.443 e. The SMILES string of the molecule is CN(C(=O)C(N)=O)c1ccc2ncoc2c1. The molecule has 1 aromatic heterocycles. The van der Waals surface area contributed by atoms with Crippen molar-refractivity contribution in [2.75, 3.05) is 11.9 Å². The number of likely N-dealkylation sites (N-methyl/N-ethyl adjacent to an activating group) is 1. The average molecular weight is 219 g/mol. The Kier molecular flexibility index (Phi) is 2.32. The predicted molar refractivity (Wildman–Crippen MR) is 56.6 cm³/mol. The molecule has 0 bridgehead atoms. The molecule has 0 atom stereocenters. The molecule has 0 aliphatic carbocycles. The van der Waals surface area contributed by atoms with E-state index in [0.717, 1.165) is 4.90 Å². The quantitative estimate of drug-likeness (QED) is 0.697. The number of fused-ring (bicyclic) bond motifs is 1. The van der Waals surface area contributed by atoms with Crippen molar-refractivity contribution in [2.45, 2.75) is 0 Å². The van der Waals surface area contributed by atoms with Crippen molar-refractivity contribution in [1.82, 2.24) is 4.98 Å². The van der Waals surface area contributed by atoms with Crippen LogP contribution in [0.1, 0.15) is 0 Å². The van der Waals surface area contributed by atoms with E-state index in [1.54, 1.807) is 18.2 Å². The molecule has 0 unspecified atom stereocenters. The van der Waals surface area contributed by atoms with Crippen LogP contribution in [-0.2, 0) is 9.59 Å². The number of hydrogen-bond donors (Lipinski definition) is 1. The van der Waals surface area contributed by atoms with Gasteiger partial charge in [0, 0.05) is 18.8 Å². The standard InChI is InChI=1S/C10H9N3O3/c1-13(10(15)9(11)14)6-2-3-7-8(4-6)16-5-12-7/h2-5H,1H3,(H2,11,14). The molecule has 0 spiro atoms. The van der Waals surface area contributed by atoms with E-state index in [1.807, 2.05) is 0 Å². The first-order chi connectivity index (χ1) is 7.59. The van der Waals surface area contributed by atoms with Crippen LogP contribution in [-0.4, -0.2) is 23.8 Å². The fraction of sp³-hybridized carbons (Fsp3) is 0.100. The lowest BCUT2D eigenvalue weighted by Crippen LogP contribution is -2.37. The van der Waals surface area contributed by atoms with Crippen LogP contribution < -0.4 is 10.6 Å². The molecule has 2 rings (SSSR count). The second-order valence-electron chi connectivity index (χ2n) is 3.23. The monoisotopic (exact) mass is 219 g/mol. The first-order valence-corrected chi connectivity index (χ1v) is 4.50. The molecule has 0 fully saturated rings. The van der Waals surface area contributed by atoms with Gasteiger partial charge in [0.1, 0.15) is 5.52 Å². The summed E-state index contributed by atoms with van der Waals surface area (Å²) >= 11 is 0. The Morgan fingerprint density at radius 3 is 2.88 bits per heavy atom. The summed E-state index contributed by atoms with van der Waals surface area (Å²) < 4.78 is 5.08. The molecular weight excluding hydrogens is 210 g/mol. The number of rotatable bonds is 1. The van der Waals surface area contributed by atoms with Gasteiger partial charge in [-0.15, -0.1) is 0 Å². The van der Waals surface area contributed by atoms with E-state index in [9.17, 15) is 9.59 Å². The molecule has 1 aromatic carbocycles. The molecule has 6 nitrogen and oxygen atoms in total. The van der Waals surface area contributed by atoms with Gasteiger partial charge in [0.15, 0.2) is 12.0 Å². The second kappa shape index (κ2) is 3.65. The summed E-state index contributed by atoms with van der Waals surface area (Å²) in [4.78, 5) is 27.1. The average Bonchev–Trinajstić information content (AvgIpc) is 2.73. The van der Waals surface area contributed by atoms with Crippen LogP contribution in [0.5, 0.6) is 0 Å². The predicted octanol–water partition coefficient (Wildman–Crippen LogP) is 0.276. The summed E-state index contributed by atoms with van der Waals surface area (Å²) in [6.07, 6.45) is 1.31. The zero-order chi connectivity index (χ0) is 11.7. The number of benzene rings is 1. The number of nitrogens with two attached hydrogens (primary N) is 1. The number of anilines is 1. The van der Waals surface area contributed by atoms with Gasteiger partial charge in [-0.25, -0.2) is 4.98 Å². The van der Waals surface area contributed by atoms with Gasteiger partial charge in [-0.2, -0.15) is 0 Å². The minimum Gasteiger partial charge on any atom is -0.443 e. The molecule has 6 heteroatoms. The van der Waals surface area contributed by atoms with Crippen molar-refractivity contribution in [2.24, 2.45) is 5.73 Å². The maximum atomic E-state index is 11.3. The van der Waals surface area contributed by atoms with E-state index in [0.29, 0.717) is 16.8 Å². The molecular formula is C10H9N3O3. The summed E-state index contributed by atoms with van der Waals surface area (Å²) in [6.45, 7) is 0. The van der Waals surface area contributed by atoms with Crippen LogP contribution in [0.15, 0.2) is 29.0 Å². The highest BCUT2D eigenvalue weighted by molar-refractivity contribution is 6.39. The van der Waals surface area contributed by atoms with Gasteiger partial charge in [-0.05, 0) is 12.1 Å². The van der Waals surface area contributed by atoms with E-state index < -0.39 is 11.8 Å². The smallest absolute Gasteiger partial charge is 0.315 e. The highest BCUT2D eigenvalue weighted by atomic mass is 16.3. The fourth-order valence-electron chi connectivity index (χ4n) is 1.33. The van der Waals surface area contributed by atoms with Gasteiger partial charge in [-0.1, -0.05) is 0 Å². The van der Waals surface area contributed by atoms with Crippen molar-refractivity contribution < 1.29 is 14.0 Å². The van der Waals surface area contributed by atoms with Gasteiger partial charge in [0.2, 0.25) is 0 Å². The lowest BCUT2D eigenvalue weighted by molar-refractivity contribution is -0.135. The second-order valence-corrected chi connectivity index (χ2v) is 3.23. The van der Waals surface area contributed by atoms with Crippen molar-refractivity contribution in [3.05, 3.63) is 24.6 Å². The number of aromatic nitrogens is 1. The summed E-state index contributed by atoms with van der Waals surface area (Å²) in [6, 6.07) is 4.97. The Balaban J connectivity index is 2.39. The molecule has 0 aliphatic heterocycles. The molecule has 2 N–H and O–H groups in total. The van der Waals surface area contributed by atoms with Gasteiger partial charge >= 0.3 is 11.8 Å². The first-order valence-electron chi connectivity index (χ1n) is 4.50. The molecule has 0 saturated carbocycles. The van der Waals surface area contributed by atoms with Crippen molar-refractivity contribution >= 4 is 28.6 Å². The topological polar surface area (TPSA) is 89.4 Å². The summed E-state index contributed by atoms with van der Waals surface area (Å²) in [7, 11) is 1.46. The van der Waals surface area contributed by atoms with Gasteiger partial charge in [0.05, 0.1) is 0 Å². The fourth-order valence-corrected chi connectivity index (χ4v) is 1.33. The normalized spacial score (nSPS) is 10.3. The third-order valence-corrected chi connectivity index (χ3v) is 2.22. The highest BCUT2D eigenvalue weighted by Crippen LogP contribution is 2.20. The Labute approximate surface area is 90.6 Å². The minimum atomic E-state index is -1.000. The van der Waals surface area contributed by atoms with Crippen LogP contribution in [0.3, 0.4) is 0 Å². The molecule has 82 valence electrons. The molecule has 1 heterocycles. The molecule has 2 amide bonds. The lowest BCUT2D eigenvalue weighted by atomic mass is 10.2. The van der Waals surface area contributed by atoms with Crippen LogP contribution in [0.2, 0.25) is 0 Å². The third kappa shape index (κ3) is 1.60. The Morgan fingerprint density at radius 1 is 1.44 bits per heavy atom. The summed E-state index contributed by atoms with van der Waals surface area (Å²) in [5, 5.41) is 0. The van der Waals surface area contributed by atoms with Crippen molar-refractivity contribution in [3.8, 4) is 0 Å². The van der Waals surface area contributed by atoms with Crippen LogP contribution in [0.4, 0.5) is 5.69 Å². The molecule has 16 heavy (non-hydrogen) atoms. The molecule has 2 aromatic rings. The Bertz CT molecular complexity index is 561. The van der Waals surface area contributed by atoms with Crippen LogP contribution in [0, 0.1) is 0 Å². The van der Waals surface area contributed by atoms with E-state index in [2.05, 4.69) is 4.98 Å². The summed E-state index contributed by atoms with van der Waals surface area (Å²) in [5.74, 6) is -1.78. The number of oxazole rings is 1. The number of carbonyl (C=O) groups is 2. The zero-order valence-electron chi connectivity index (χ0n) is 8.51. The van der Waals surface area contributed by atoms with Crippen molar-refractivity contribution in [1.29, 1.82) is 0 Å². The first kappa shape index (κ1) is 10.2. The summed E-state index contributed by atoms with van der Waals surface area (Å²) in [5.41, 5.74) is 6.65. The van der Waals surface area contributed by atoms with E-state index in [1.165, 1.54) is 13.4 Å². The molecule has 0 radical (unpaired) electrons. The number of nitrogens with zero attached hydrogens (tertiary/aromatic N) is 2. The van der Waals surface area contributed by atoms with Gasteiger partial charge in [0.25, 0.3) is 0 Å². The zero-order valence-corrected chi connectivity index (χ0v) is 8.51. The number of amides is 2. The van der Waals surface area contributed by atoms with Gasteiger partial charge in [-0.3, -0.25) is 9.59 Å². The minimum absolute atomic E-state index is 0.521. The Morgan fingerprint density at radius 2 is 2.19 bits per heavy atom. The molecule has 0 saturated heterocycles. The lowest BCUT2D eigenvalue weighted by Gasteiger charge is -2.14. The van der Waals surface area contributed by atoms with Gasteiger partial charge < -0.3 is 15.1 Å². The Hall–Kier alpha value is -2.37. The maximum absolute atomic E-state index is 11.3. The van der Waals surface area contributed by atoms with E-state index in [4.69, 9.17) is 10.2 Å². The number of primary amides is 1. The third-order valence-electron chi connectivity index (χ3n) is 2.22. The highest BCUT2D eigenvalue weighted by Gasteiger charge is 2.17. The molecule has 0 aliphatic rings. The maximum Gasteiger partial charge on any atom is 0.315 e. The van der Waals surface area contributed by atoms with Crippen molar-refractivity contribution in [3.63, 3.8) is 0 Å². The van der Waals surface area contributed by atoms with E-state index >= 15 is 0 Å². The van der Waals surface area contributed by atoms with Crippen LogP contribution in [0.25, 0.3) is 11.1 Å². The number of carbonyl (C=O) groups excluding carboxylic acids is 2. The number of hydrogen-bond acceptors (Lipinski definition) is 4.